The van der Waals surface area contributed by atoms with Gasteiger partial charge in [-0.1, -0.05) is 24.4 Å². The molecule has 1 aromatic rings. The van der Waals surface area contributed by atoms with Crippen molar-refractivity contribution in [2.45, 2.75) is 43.7 Å². The second-order valence-electron chi connectivity index (χ2n) is 5.16. The third-order valence-corrected chi connectivity index (χ3v) is 5.24. The van der Waals surface area contributed by atoms with Gasteiger partial charge in [0.15, 0.2) is 0 Å². The van der Waals surface area contributed by atoms with Gasteiger partial charge < -0.3 is 5.73 Å². The molecule has 3 N–H and O–H groups in total. The highest BCUT2D eigenvalue weighted by Crippen LogP contribution is 2.33. The number of nitrogens with one attached hydrogen (secondary N) is 1. The van der Waals surface area contributed by atoms with Gasteiger partial charge in [-0.2, -0.15) is 0 Å². The summed E-state index contributed by atoms with van der Waals surface area (Å²) in [5, 5.41) is 0.493. The van der Waals surface area contributed by atoms with Crippen molar-refractivity contribution in [3.63, 3.8) is 0 Å². The fourth-order valence-electron chi connectivity index (χ4n) is 2.11. The first-order valence-electron chi connectivity index (χ1n) is 6.43. The van der Waals surface area contributed by atoms with Crippen LogP contribution >= 0.6 is 11.6 Å². The molecule has 1 aromatic carbocycles. The zero-order chi connectivity index (χ0) is 14.0. The highest BCUT2D eigenvalue weighted by atomic mass is 35.5. The van der Waals surface area contributed by atoms with E-state index in [0.717, 1.165) is 6.42 Å². The van der Waals surface area contributed by atoms with Gasteiger partial charge >= 0.3 is 0 Å². The number of hydrogen-bond acceptors (Lipinski definition) is 3. The van der Waals surface area contributed by atoms with Crippen LogP contribution in [0.25, 0.3) is 0 Å². The predicted octanol–water partition coefficient (Wildman–Crippen LogP) is 2.27. The first-order chi connectivity index (χ1) is 8.92. The van der Waals surface area contributed by atoms with Crippen molar-refractivity contribution in [1.82, 2.24) is 4.72 Å². The van der Waals surface area contributed by atoms with E-state index in [1.165, 1.54) is 25.0 Å². The predicted molar refractivity (Wildman–Crippen MR) is 76.5 cm³/mol. The Hall–Kier alpha value is -0.620. The van der Waals surface area contributed by atoms with Crippen LogP contribution in [0.4, 0.5) is 0 Å². The first-order valence-corrected chi connectivity index (χ1v) is 8.29. The number of benzene rings is 1. The molecule has 1 aliphatic rings. The van der Waals surface area contributed by atoms with Crippen molar-refractivity contribution >= 4 is 21.6 Å². The molecule has 19 heavy (non-hydrogen) atoms. The Labute approximate surface area is 119 Å². The molecule has 0 heterocycles. The van der Waals surface area contributed by atoms with E-state index < -0.39 is 10.0 Å². The highest BCUT2D eigenvalue weighted by molar-refractivity contribution is 7.89. The maximum Gasteiger partial charge on any atom is 0.240 e. The molecule has 106 valence electrons. The SMILES string of the molecule is CC(CC1CC1)NS(=O)(=O)c1ccc(Cl)c(CN)c1. The lowest BCUT2D eigenvalue weighted by Crippen LogP contribution is -2.33. The largest absolute Gasteiger partial charge is 0.326 e. The van der Waals surface area contributed by atoms with Gasteiger partial charge in [-0.05, 0) is 43.0 Å². The van der Waals surface area contributed by atoms with Crippen LogP contribution in [0.15, 0.2) is 23.1 Å². The molecule has 6 heteroatoms. The smallest absolute Gasteiger partial charge is 0.240 e. The average Bonchev–Trinajstić information content (AvgIpc) is 3.12. The molecule has 1 unspecified atom stereocenters. The maximum atomic E-state index is 12.2. The Balaban J connectivity index is 2.13. The van der Waals surface area contributed by atoms with Crippen LogP contribution in [0.3, 0.4) is 0 Å². The zero-order valence-electron chi connectivity index (χ0n) is 10.9. The van der Waals surface area contributed by atoms with Crippen molar-refractivity contribution in [3.8, 4) is 0 Å². The number of rotatable bonds is 6. The molecule has 0 radical (unpaired) electrons. The summed E-state index contributed by atoms with van der Waals surface area (Å²) in [6.07, 6.45) is 3.32. The topological polar surface area (TPSA) is 72.2 Å². The Morgan fingerprint density at radius 1 is 1.47 bits per heavy atom. The minimum Gasteiger partial charge on any atom is -0.326 e. The molecule has 4 nitrogen and oxygen atoms in total. The maximum absolute atomic E-state index is 12.2. The van der Waals surface area contributed by atoms with Gasteiger partial charge in [0.25, 0.3) is 0 Å². The molecule has 0 saturated heterocycles. The van der Waals surface area contributed by atoms with Gasteiger partial charge in [0.2, 0.25) is 10.0 Å². The number of hydrogen-bond donors (Lipinski definition) is 2. The van der Waals surface area contributed by atoms with E-state index in [4.69, 9.17) is 17.3 Å². The molecule has 0 spiro atoms. The van der Waals surface area contributed by atoms with Crippen LogP contribution in [-0.4, -0.2) is 14.5 Å². The Morgan fingerprint density at radius 3 is 2.74 bits per heavy atom. The van der Waals surface area contributed by atoms with Gasteiger partial charge in [-0.3, -0.25) is 0 Å². The lowest BCUT2D eigenvalue weighted by Gasteiger charge is -2.14. The summed E-state index contributed by atoms with van der Waals surface area (Å²) in [7, 11) is -3.49. The van der Waals surface area contributed by atoms with Crippen molar-refractivity contribution in [2.75, 3.05) is 0 Å². The fourth-order valence-corrected chi connectivity index (χ4v) is 3.61. The Morgan fingerprint density at radius 2 is 2.16 bits per heavy atom. The molecular weight excluding hydrogens is 284 g/mol. The summed E-state index contributed by atoms with van der Waals surface area (Å²) in [6.45, 7) is 2.12. The van der Waals surface area contributed by atoms with Crippen LogP contribution in [0, 0.1) is 5.92 Å². The summed E-state index contributed by atoms with van der Waals surface area (Å²) in [4.78, 5) is 0.222. The summed E-state index contributed by atoms with van der Waals surface area (Å²) < 4.78 is 27.2. The second kappa shape index (κ2) is 5.79. The van der Waals surface area contributed by atoms with Gasteiger partial charge in [-0.15, -0.1) is 0 Å². The van der Waals surface area contributed by atoms with Crippen LogP contribution in [-0.2, 0) is 16.6 Å². The van der Waals surface area contributed by atoms with E-state index in [2.05, 4.69) is 4.72 Å². The second-order valence-corrected chi connectivity index (χ2v) is 7.28. The van der Waals surface area contributed by atoms with Crippen LogP contribution < -0.4 is 10.5 Å². The number of sulfonamides is 1. The van der Waals surface area contributed by atoms with Crippen LogP contribution in [0.5, 0.6) is 0 Å². The third-order valence-electron chi connectivity index (χ3n) is 3.29. The quantitative estimate of drug-likeness (QED) is 0.846. The molecule has 0 amide bonds. The van der Waals surface area contributed by atoms with Gasteiger partial charge in [0.1, 0.15) is 0 Å². The van der Waals surface area contributed by atoms with Crippen molar-refractivity contribution in [2.24, 2.45) is 11.7 Å². The summed E-state index contributed by atoms with van der Waals surface area (Å²) in [5.41, 5.74) is 6.18. The Bertz CT molecular complexity index is 556. The van der Waals surface area contributed by atoms with Gasteiger partial charge in [0.05, 0.1) is 4.90 Å². The average molecular weight is 303 g/mol. The van der Waals surface area contributed by atoms with Crippen molar-refractivity contribution < 1.29 is 8.42 Å². The molecule has 0 aliphatic heterocycles. The normalized spacial score (nSPS) is 17.4. The summed E-state index contributed by atoms with van der Waals surface area (Å²) in [6, 6.07) is 4.57. The molecule has 0 aromatic heterocycles. The van der Waals surface area contributed by atoms with E-state index in [1.807, 2.05) is 6.92 Å². The lowest BCUT2D eigenvalue weighted by molar-refractivity contribution is 0.530. The minimum atomic E-state index is -3.49. The molecule has 1 aliphatic carbocycles. The zero-order valence-corrected chi connectivity index (χ0v) is 12.5. The van der Waals surface area contributed by atoms with E-state index in [0.29, 0.717) is 16.5 Å². The molecule has 1 saturated carbocycles. The van der Waals surface area contributed by atoms with Crippen molar-refractivity contribution in [1.29, 1.82) is 0 Å². The van der Waals surface area contributed by atoms with E-state index in [-0.39, 0.29) is 17.5 Å². The molecule has 2 rings (SSSR count). The monoisotopic (exact) mass is 302 g/mol. The lowest BCUT2D eigenvalue weighted by atomic mass is 10.2. The van der Waals surface area contributed by atoms with E-state index in [9.17, 15) is 8.42 Å². The van der Waals surface area contributed by atoms with Crippen molar-refractivity contribution in [3.05, 3.63) is 28.8 Å². The summed E-state index contributed by atoms with van der Waals surface area (Å²) >= 11 is 5.93. The third kappa shape index (κ3) is 3.92. The first kappa shape index (κ1) is 14.8. The molecular formula is C13H19ClN2O2S. The fraction of sp³-hybridized carbons (Fsp3) is 0.538. The molecule has 0 bridgehead atoms. The standard InChI is InChI=1S/C13H19ClN2O2S/c1-9(6-10-2-3-10)16-19(17,18)12-4-5-13(14)11(7-12)8-15/h4-5,7,9-10,16H,2-3,6,8,15H2,1H3. The van der Waals surface area contributed by atoms with E-state index in [1.54, 1.807) is 6.07 Å². The van der Waals surface area contributed by atoms with Gasteiger partial charge in [0, 0.05) is 17.6 Å². The van der Waals surface area contributed by atoms with E-state index >= 15 is 0 Å². The van der Waals surface area contributed by atoms with Gasteiger partial charge in [-0.25, -0.2) is 13.1 Å². The van der Waals surface area contributed by atoms with Crippen LogP contribution in [0.2, 0.25) is 5.02 Å². The molecule has 1 atom stereocenters. The number of nitrogens with two attached hydrogens (primary N) is 1. The van der Waals surface area contributed by atoms with Crippen LogP contribution in [0.1, 0.15) is 31.7 Å². The number of halogens is 1. The Kier molecular flexibility index (Phi) is 4.50. The highest BCUT2D eigenvalue weighted by Gasteiger charge is 2.26. The minimum absolute atomic E-state index is 0.0468. The summed E-state index contributed by atoms with van der Waals surface area (Å²) in [5.74, 6) is 0.683. The molecule has 1 fully saturated rings.